The van der Waals surface area contributed by atoms with Gasteiger partial charge in [0, 0.05) is 24.2 Å². The monoisotopic (exact) mass is 462 g/mol. The Labute approximate surface area is 195 Å². The molecule has 0 saturated carbocycles. The van der Waals surface area contributed by atoms with E-state index in [1.165, 1.54) is 0 Å². The van der Waals surface area contributed by atoms with Crippen LogP contribution in [-0.4, -0.2) is 43.3 Å². The van der Waals surface area contributed by atoms with Crippen molar-refractivity contribution in [3.63, 3.8) is 0 Å². The van der Waals surface area contributed by atoms with E-state index in [9.17, 15) is 0 Å². The van der Waals surface area contributed by atoms with Crippen LogP contribution in [0.1, 0.15) is 24.9 Å². The molecular formula is C24H23ClN6O2. The second kappa shape index (κ2) is 8.46. The van der Waals surface area contributed by atoms with Crippen molar-refractivity contribution >= 4 is 33.7 Å². The van der Waals surface area contributed by atoms with Crippen LogP contribution in [0.15, 0.2) is 60.3 Å². The number of aromatic nitrogens is 5. The Morgan fingerprint density at radius 3 is 2.82 bits per heavy atom. The molecular weight excluding hydrogens is 440 g/mol. The summed E-state index contributed by atoms with van der Waals surface area (Å²) in [6.45, 7) is 2.61. The zero-order valence-corrected chi connectivity index (χ0v) is 19.1. The zero-order chi connectivity index (χ0) is 23.0. The topological polar surface area (TPSA) is 100 Å². The highest BCUT2D eigenvalue weighted by Gasteiger charge is 2.30. The minimum atomic E-state index is -0.528. The molecule has 168 valence electrons. The highest BCUT2D eigenvalue weighted by Crippen LogP contribution is 2.38. The Morgan fingerprint density at radius 2 is 2.03 bits per heavy atom. The van der Waals surface area contributed by atoms with Gasteiger partial charge in [-0.1, -0.05) is 12.2 Å². The van der Waals surface area contributed by atoms with Crippen molar-refractivity contribution in [1.82, 2.24) is 24.8 Å². The summed E-state index contributed by atoms with van der Waals surface area (Å²) in [5.74, 6) is 2.03. The number of fused-ring (bicyclic) bond motifs is 2. The zero-order valence-electron chi connectivity index (χ0n) is 18.3. The second-order valence-electron chi connectivity index (χ2n) is 8.05. The van der Waals surface area contributed by atoms with Gasteiger partial charge in [0.25, 0.3) is 0 Å². The fourth-order valence-corrected chi connectivity index (χ4v) is 4.24. The molecule has 33 heavy (non-hydrogen) atoms. The largest absolute Gasteiger partial charge is 0.497 e. The van der Waals surface area contributed by atoms with Crippen LogP contribution in [0.25, 0.3) is 22.1 Å². The number of halogens is 1. The highest BCUT2D eigenvalue weighted by atomic mass is 35.5. The molecule has 4 aromatic rings. The van der Waals surface area contributed by atoms with Gasteiger partial charge in [0.15, 0.2) is 11.5 Å². The normalized spacial score (nSPS) is 18.3. The summed E-state index contributed by atoms with van der Waals surface area (Å²) in [7, 11) is 1.63. The first-order valence-corrected chi connectivity index (χ1v) is 10.9. The Balaban J connectivity index is 1.43. The number of ether oxygens (including phenoxy) is 2. The van der Waals surface area contributed by atoms with E-state index in [2.05, 4.69) is 15.2 Å². The fraction of sp³-hybridized carbons (Fsp3) is 0.250. The van der Waals surface area contributed by atoms with E-state index in [1.807, 2.05) is 55.5 Å². The van der Waals surface area contributed by atoms with Crippen molar-refractivity contribution in [2.75, 3.05) is 13.7 Å². The molecule has 3 heterocycles. The molecule has 1 atom stereocenters. The number of alkyl halides is 1. The first-order chi connectivity index (χ1) is 16.0. The van der Waals surface area contributed by atoms with Crippen molar-refractivity contribution in [1.29, 1.82) is 0 Å². The molecule has 1 aliphatic rings. The van der Waals surface area contributed by atoms with Crippen LogP contribution in [0.3, 0.4) is 0 Å². The van der Waals surface area contributed by atoms with E-state index in [4.69, 9.17) is 31.9 Å². The molecule has 0 bridgehead atoms. The van der Waals surface area contributed by atoms with Crippen molar-refractivity contribution < 1.29 is 9.47 Å². The number of allylic oxidation sites excluding steroid dienone is 3. The molecule has 0 spiro atoms. The van der Waals surface area contributed by atoms with Crippen LogP contribution in [0.2, 0.25) is 0 Å². The number of nitrogens with two attached hydrogens (primary N) is 1. The van der Waals surface area contributed by atoms with Gasteiger partial charge in [-0.05, 0) is 54.8 Å². The summed E-state index contributed by atoms with van der Waals surface area (Å²) in [5.41, 5.74) is 10.1. The standard InChI is InChI=1S/C24H23ClN6O2/c1-24(25)12-15(3-4-16(24)13-26)19-7-8-22-28-29-23(31(22)30-19)14-33-21-9-10-27-20-11-17(32-2)5-6-18(20)21/h3-11H,12-14,26H2,1-2H3. The van der Waals surface area contributed by atoms with Gasteiger partial charge in [0.2, 0.25) is 0 Å². The van der Waals surface area contributed by atoms with Gasteiger partial charge in [-0.25, -0.2) is 0 Å². The lowest BCUT2D eigenvalue weighted by Crippen LogP contribution is -2.27. The number of methoxy groups -OCH3 is 1. The third kappa shape index (κ3) is 4.03. The molecule has 1 aliphatic carbocycles. The average molecular weight is 463 g/mol. The molecule has 0 radical (unpaired) electrons. The molecule has 8 nitrogen and oxygen atoms in total. The number of benzene rings is 1. The summed E-state index contributed by atoms with van der Waals surface area (Å²) in [6, 6.07) is 11.3. The van der Waals surface area contributed by atoms with Crippen LogP contribution >= 0.6 is 11.6 Å². The minimum absolute atomic E-state index is 0.201. The van der Waals surface area contributed by atoms with E-state index in [1.54, 1.807) is 17.8 Å². The van der Waals surface area contributed by atoms with Gasteiger partial charge in [0.05, 0.1) is 23.2 Å². The Bertz CT molecular complexity index is 1410. The molecule has 3 aromatic heterocycles. The smallest absolute Gasteiger partial charge is 0.192 e. The lowest BCUT2D eigenvalue weighted by molar-refractivity contribution is 0.296. The van der Waals surface area contributed by atoms with Gasteiger partial charge in [0.1, 0.15) is 18.1 Å². The van der Waals surface area contributed by atoms with Crippen LogP contribution in [0.5, 0.6) is 11.5 Å². The molecule has 2 N–H and O–H groups in total. The van der Waals surface area contributed by atoms with Crippen LogP contribution < -0.4 is 15.2 Å². The van der Waals surface area contributed by atoms with Gasteiger partial charge >= 0.3 is 0 Å². The summed E-state index contributed by atoms with van der Waals surface area (Å²) in [4.78, 5) is 3.87. The predicted molar refractivity (Wildman–Crippen MR) is 127 cm³/mol. The predicted octanol–water partition coefficient (Wildman–Crippen LogP) is 3.93. The summed E-state index contributed by atoms with van der Waals surface area (Å²) in [6.07, 6.45) is 6.35. The van der Waals surface area contributed by atoms with Crippen molar-refractivity contribution in [2.45, 2.75) is 24.8 Å². The first kappa shape index (κ1) is 21.4. The minimum Gasteiger partial charge on any atom is -0.497 e. The van der Waals surface area contributed by atoms with Gasteiger partial charge in [-0.3, -0.25) is 4.98 Å². The SMILES string of the molecule is COc1ccc2c(OCc3nnc4ccc(C5=CC=C(CN)C(C)(Cl)C5)nn34)ccnc2c1. The van der Waals surface area contributed by atoms with Crippen molar-refractivity contribution in [3.05, 3.63) is 71.8 Å². The first-order valence-electron chi connectivity index (χ1n) is 10.5. The maximum atomic E-state index is 6.71. The van der Waals surface area contributed by atoms with E-state index in [-0.39, 0.29) is 6.61 Å². The maximum Gasteiger partial charge on any atom is 0.192 e. The molecule has 5 rings (SSSR count). The fourth-order valence-electron chi connectivity index (χ4n) is 3.95. The number of hydrogen-bond donors (Lipinski definition) is 1. The Kier molecular flexibility index (Phi) is 5.47. The lowest BCUT2D eigenvalue weighted by Gasteiger charge is -2.29. The number of nitrogens with zero attached hydrogens (tertiary/aromatic N) is 5. The van der Waals surface area contributed by atoms with E-state index < -0.39 is 4.87 Å². The van der Waals surface area contributed by atoms with E-state index >= 15 is 0 Å². The Morgan fingerprint density at radius 1 is 1.15 bits per heavy atom. The van der Waals surface area contributed by atoms with Crippen LogP contribution in [-0.2, 0) is 6.61 Å². The van der Waals surface area contributed by atoms with E-state index in [0.717, 1.165) is 33.5 Å². The molecule has 0 aliphatic heterocycles. The summed E-state index contributed by atoms with van der Waals surface area (Å²) >= 11 is 6.71. The number of hydrogen-bond acceptors (Lipinski definition) is 7. The average Bonchev–Trinajstić information content (AvgIpc) is 3.23. The molecule has 1 aromatic carbocycles. The lowest BCUT2D eigenvalue weighted by atomic mass is 9.86. The Hall–Kier alpha value is -3.49. The van der Waals surface area contributed by atoms with Crippen molar-refractivity contribution in [2.24, 2.45) is 5.73 Å². The summed E-state index contributed by atoms with van der Waals surface area (Å²) in [5, 5.41) is 14.2. The third-order valence-corrected chi connectivity index (χ3v) is 6.20. The van der Waals surface area contributed by atoms with Crippen LogP contribution in [0, 0.1) is 0 Å². The van der Waals surface area contributed by atoms with Crippen molar-refractivity contribution in [3.8, 4) is 11.5 Å². The quantitative estimate of drug-likeness (QED) is 0.433. The highest BCUT2D eigenvalue weighted by molar-refractivity contribution is 6.26. The molecule has 0 amide bonds. The molecule has 0 saturated heterocycles. The third-order valence-electron chi connectivity index (χ3n) is 5.82. The number of pyridine rings is 1. The summed E-state index contributed by atoms with van der Waals surface area (Å²) < 4.78 is 13.1. The second-order valence-corrected chi connectivity index (χ2v) is 8.88. The number of rotatable bonds is 6. The molecule has 1 unspecified atom stereocenters. The van der Waals surface area contributed by atoms with Gasteiger partial charge in [-0.15, -0.1) is 21.8 Å². The van der Waals surface area contributed by atoms with Crippen LogP contribution in [0.4, 0.5) is 0 Å². The molecule has 0 fully saturated rings. The maximum absolute atomic E-state index is 6.71. The van der Waals surface area contributed by atoms with E-state index in [0.29, 0.717) is 30.2 Å². The molecule has 9 heteroatoms. The van der Waals surface area contributed by atoms with Gasteiger partial charge < -0.3 is 15.2 Å². The van der Waals surface area contributed by atoms with Gasteiger partial charge in [-0.2, -0.15) is 9.61 Å².